The maximum absolute atomic E-state index is 13.7. The number of nitrogens with zero attached hydrogens (tertiary/aromatic N) is 2. The van der Waals surface area contributed by atoms with Crippen LogP contribution in [0.4, 0.5) is 5.82 Å². The molecule has 4 aromatic rings. The lowest BCUT2D eigenvalue weighted by molar-refractivity contribution is 0.0600. The van der Waals surface area contributed by atoms with Crippen LogP contribution < -0.4 is 10.3 Å². The van der Waals surface area contributed by atoms with Gasteiger partial charge in [-0.15, -0.1) is 0 Å². The van der Waals surface area contributed by atoms with Crippen molar-refractivity contribution in [1.29, 1.82) is 0 Å². The van der Waals surface area contributed by atoms with Crippen LogP contribution in [-0.2, 0) is 4.74 Å². The first kappa shape index (κ1) is 21.6. The van der Waals surface area contributed by atoms with Crippen LogP contribution in [-0.4, -0.2) is 24.0 Å². The van der Waals surface area contributed by atoms with Crippen molar-refractivity contribution in [3.8, 4) is 0 Å². The summed E-state index contributed by atoms with van der Waals surface area (Å²) in [6.45, 7) is 5.76. The number of fused-ring (bicyclic) bond motifs is 2. The number of carbonyl (C=O) groups excluding carboxylic acids is 2. The second-order valence-electron chi connectivity index (χ2n) is 8.49. The number of benzene rings is 2. The Morgan fingerprint density at radius 2 is 1.71 bits per heavy atom. The van der Waals surface area contributed by atoms with Gasteiger partial charge in [-0.1, -0.05) is 18.2 Å². The summed E-state index contributed by atoms with van der Waals surface area (Å²) in [7, 11) is 1.31. The van der Waals surface area contributed by atoms with E-state index in [-0.39, 0.29) is 16.8 Å². The Morgan fingerprint density at radius 3 is 2.35 bits per heavy atom. The highest BCUT2D eigenvalue weighted by Gasteiger charge is 2.44. The zero-order chi connectivity index (χ0) is 24.1. The first-order valence-electron chi connectivity index (χ1n) is 10.8. The number of methoxy groups -OCH3 is 1. The van der Waals surface area contributed by atoms with Crippen LogP contribution in [0.5, 0.6) is 0 Å². The van der Waals surface area contributed by atoms with Gasteiger partial charge in [-0.3, -0.25) is 14.5 Å². The third-order valence-electron chi connectivity index (χ3n) is 6.28. The average molecular weight is 454 g/mol. The predicted octanol–water partition coefficient (Wildman–Crippen LogP) is 4.65. The minimum Gasteiger partial charge on any atom is -0.465 e. The van der Waals surface area contributed by atoms with Crippen molar-refractivity contribution >= 4 is 28.7 Å². The molecule has 7 heteroatoms. The van der Waals surface area contributed by atoms with Crippen molar-refractivity contribution in [2.75, 3.05) is 12.0 Å². The molecule has 0 bridgehead atoms. The molecule has 0 spiro atoms. The van der Waals surface area contributed by atoms with E-state index in [2.05, 4.69) is 4.98 Å². The Balaban J connectivity index is 1.77. The Labute approximate surface area is 195 Å². The fourth-order valence-electron chi connectivity index (χ4n) is 4.30. The van der Waals surface area contributed by atoms with Gasteiger partial charge >= 0.3 is 5.97 Å². The third-order valence-corrected chi connectivity index (χ3v) is 6.28. The molecule has 1 aliphatic rings. The van der Waals surface area contributed by atoms with Gasteiger partial charge in [-0.2, -0.15) is 0 Å². The molecule has 2 aromatic heterocycles. The summed E-state index contributed by atoms with van der Waals surface area (Å²) >= 11 is 0. The fraction of sp³-hybridized carbons (Fsp3) is 0.185. The van der Waals surface area contributed by atoms with Crippen LogP contribution in [0.2, 0.25) is 0 Å². The molecule has 1 atom stereocenters. The van der Waals surface area contributed by atoms with Gasteiger partial charge in [0, 0.05) is 6.20 Å². The minimum atomic E-state index is -0.758. The molecule has 2 aromatic carbocycles. The average Bonchev–Trinajstić information content (AvgIpc) is 3.13. The van der Waals surface area contributed by atoms with Crippen molar-refractivity contribution in [2.45, 2.75) is 26.8 Å². The maximum atomic E-state index is 13.7. The van der Waals surface area contributed by atoms with Crippen LogP contribution in [0.1, 0.15) is 54.8 Å². The summed E-state index contributed by atoms with van der Waals surface area (Å²) in [5.41, 5.74) is 4.26. The van der Waals surface area contributed by atoms with Gasteiger partial charge in [0.2, 0.25) is 5.76 Å². The van der Waals surface area contributed by atoms with E-state index in [1.54, 1.807) is 48.7 Å². The normalized spacial score (nSPS) is 15.0. The maximum Gasteiger partial charge on any atom is 0.337 e. The molecule has 7 nitrogen and oxygen atoms in total. The van der Waals surface area contributed by atoms with E-state index in [0.29, 0.717) is 27.9 Å². The van der Waals surface area contributed by atoms with Gasteiger partial charge < -0.3 is 9.15 Å². The largest absolute Gasteiger partial charge is 0.465 e. The summed E-state index contributed by atoms with van der Waals surface area (Å²) in [6, 6.07) is 13.1. The second-order valence-corrected chi connectivity index (χ2v) is 8.49. The molecule has 5 rings (SSSR count). The van der Waals surface area contributed by atoms with Crippen LogP contribution in [0.15, 0.2) is 63.9 Å². The lowest BCUT2D eigenvalue weighted by Crippen LogP contribution is -2.30. The quantitative estimate of drug-likeness (QED) is 0.419. The molecule has 0 aliphatic carbocycles. The van der Waals surface area contributed by atoms with Crippen molar-refractivity contribution < 1.29 is 18.7 Å². The first-order chi connectivity index (χ1) is 16.3. The SMILES string of the molecule is COC(=O)c1ccc([C@@H]2c3c(oc4cc(C)c(C)cc4c3=O)C(=O)N2c2ccc(C)cn2)cc1. The standard InChI is InChI=1S/C27H22N2O5/c1-14-5-10-21(28-13-14)29-23(17-6-8-18(9-7-17)27(32)33-4)22-24(30)19-11-15(2)16(3)12-20(19)34-25(22)26(29)31/h5-13,23H,1-4H3/t23-/m1/s1. The Morgan fingerprint density at radius 1 is 1.00 bits per heavy atom. The van der Waals surface area contributed by atoms with Gasteiger partial charge in [0.15, 0.2) is 5.43 Å². The predicted molar refractivity (Wildman–Crippen MR) is 127 cm³/mol. The van der Waals surface area contributed by atoms with Crippen LogP contribution in [0.25, 0.3) is 11.0 Å². The molecule has 0 fully saturated rings. The lowest BCUT2D eigenvalue weighted by atomic mass is 9.96. The lowest BCUT2D eigenvalue weighted by Gasteiger charge is -2.24. The van der Waals surface area contributed by atoms with Crippen molar-refractivity contribution in [3.05, 3.63) is 104 Å². The zero-order valence-corrected chi connectivity index (χ0v) is 19.2. The van der Waals surface area contributed by atoms with Crippen molar-refractivity contribution in [1.82, 2.24) is 4.98 Å². The molecule has 0 saturated carbocycles. The van der Waals surface area contributed by atoms with E-state index < -0.39 is 17.9 Å². The van der Waals surface area contributed by atoms with Gasteiger partial charge in [-0.05, 0) is 73.4 Å². The number of anilines is 1. The number of esters is 1. The molecule has 3 heterocycles. The molecule has 0 N–H and O–H groups in total. The number of amides is 1. The molecule has 170 valence electrons. The highest BCUT2D eigenvalue weighted by atomic mass is 16.5. The van der Waals surface area contributed by atoms with E-state index >= 15 is 0 Å². The fourth-order valence-corrected chi connectivity index (χ4v) is 4.30. The number of rotatable bonds is 3. The molecule has 34 heavy (non-hydrogen) atoms. The molecule has 1 amide bonds. The summed E-state index contributed by atoms with van der Waals surface area (Å²) in [4.78, 5) is 45.2. The number of carbonyl (C=O) groups is 2. The monoisotopic (exact) mass is 454 g/mol. The zero-order valence-electron chi connectivity index (χ0n) is 19.2. The van der Waals surface area contributed by atoms with E-state index in [1.807, 2.05) is 26.8 Å². The molecular formula is C27H22N2O5. The first-order valence-corrected chi connectivity index (χ1v) is 10.8. The van der Waals surface area contributed by atoms with E-state index in [0.717, 1.165) is 16.7 Å². The minimum absolute atomic E-state index is 0.00479. The summed E-state index contributed by atoms with van der Waals surface area (Å²) < 4.78 is 10.8. The number of ether oxygens (including phenoxy) is 1. The van der Waals surface area contributed by atoms with Gasteiger partial charge in [0.1, 0.15) is 11.4 Å². The van der Waals surface area contributed by atoms with Crippen LogP contribution in [0.3, 0.4) is 0 Å². The molecule has 1 aliphatic heterocycles. The van der Waals surface area contributed by atoms with Crippen molar-refractivity contribution in [2.24, 2.45) is 0 Å². The number of hydrogen-bond acceptors (Lipinski definition) is 6. The highest BCUT2D eigenvalue weighted by Crippen LogP contribution is 2.40. The number of pyridine rings is 1. The highest BCUT2D eigenvalue weighted by molar-refractivity contribution is 6.10. The van der Waals surface area contributed by atoms with Gasteiger partial charge in [0.05, 0.1) is 29.7 Å². The van der Waals surface area contributed by atoms with Crippen LogP contribution in [0, 0.1) is 20.8 Å². The molecule has 0 radical (unpaired) electrons. The van der Waals surface area contributed by atoms with E-state index in [1.165, 1.54) is 12.0 Å². The van der Waals surface area contributed by atoms with E-state index in [9.17, 15) is 14.4 Å². The summed E-state index contributed by atoms with van der Waals surface area (Å²) in [5, 5.41) is 0.421. The number of aromatic nitrogens is 1. The van der Waals surface area contributed by atoms with E-state index in [4.69, 9.17) is 9.15 Å². The Kier molecular flexibility index (Phi) is 5.05. The smallest absolute Gasteiger partial charge is 0.337 e. The molecular weight excluding hydrogens is 432 g/mol. The summed E-state index contributed by atoms with van der Waals surface area (Å²) in [5.74, 6) is -0.501. The summed E-state index contributed by atoms with van der Waals surface area (Å²) in [6.07, 6.45) is 1.67. The van der Waals surface area contributed by atoms with Gasteiger partial charge in [0.25, 0.3) is 5.91 Å². The second kappa shape index (κ2) is 7.95. The van der Waals surface area contributed by atoms with Gasteiger partial charge in [-0.25, -0.2) is 9.78 Å². The van der Waals surface area contributed by atoms with Crippen molar-refractivity contribution in [3.63, 3.8) is 0 Å². The topological polar surface area (TPSA) is 89.7 Å². The molecule has 0 unspecified atom stereocenters. The number of hydrogen-bond donors (Lipinski definition) is 0. The third kappa shape index (κ3) is 3.28. The number of aryl methyl sites for hydroxylation is 3. The van der Waals surface area contributed by atoms with Crippen LogP contribution >= 0.6 is 0 Å². The molecule has 0 saturated heterocycles. The Hall–Kier alpha value is -4.26. The Bertz CT molecular complexity index is 1520.